The van der Waals surface area contributed by atoms with E-state index in [1.165, 1.54) is 0 Å². The molecule has 1 unspecified atom stereocenters. The normalized spacial score (nSPS) is 18.5. The second-order valence-electron chi connectivity index (χ2n) is 4.35. The molecule has 1 aliphatic rings. The molecule has 0 spiro atoms. The number of carbonyl (C=O) groups excluding carboxylic acids is 1. The molecule has 94 valence electrons. The minimum absolute atomic E-state index is 0. The molecule has 1 heterocycles. The molecule has 17 heavy (non-hydrogen) atoms. The van der Waals surface area contributed by atoms with Gasteiger partial charge in [-0.05, 0) is 37.6 Å². The van der Waals surface area contributed by atoms with Crippen molar-refractivity contribution in [3.63, 3.8) is 0 Å². The Hall–Kier alpha value is -1.06. The SMILES string of the molecule is CN(C(=O)CC1CCNC1)c1ccccc1.Cl. The summed E-state index contributed by atoms with van der Waals surface area (Å²) >= 11 is 0. The van der Waals surface area contributed by atoms with Crippen LogP contribution < -0.4 is 10.2 Å². The molecule has 0 aliphatic carbocycles. The second kappa shape index (κ2) is 6.62. The standard InChI is InChI=1S/C13H18N2O.ClH/c1-15(12-5-3-2-4-6-12)13(16)9-11-7-8-14-10-11;/h2-6,11,14H,7-10H2,1H3;1H. The quantitative estimate of drug-likeness (QED) is 0.896. The summed E-state index contributed by atoms with van der Waals surface area (Å²) in [5, 5.41) is 3.29. The Kier molecular flexibility index (Phi) is 5.45. The van der Waals surface area contributed by atoms with Gasteiger partial charge in [-0.2, -0.15) is 0 Å². The molecule has 1 aromatic carbocycles. The van der Waals surface area contributed by atoms with Gasteiger partial charge in [0.05, 0.1) is 0 Å². The molecule has 1 fully saturated rings. The van der Waals surface area contributed by atoms with Crippen LogP contribution in [0.15, 0.2) is 30.3 Å². The molecule has 3 nitrogen and oxygen atoms in total. The van der Waals surface area contributed by atoms with Crippen molar-refractivity contribution in [2.75, 3.05) is 25.0 Å². The second-order valence-corrected chi connectivity index (χ2v) is 4.35. The van der Waals surface area contributed by atoms with Crippen LogP contribution in [0.25, 0.3) is 0 Å². The first kappa shape index (κ1) is 14.0. The van der Waals surface area contributed by atoms with Gasteiger partial charge in [0.25, 0.3) is 0 Å². The lowest BCUT2D eigenvalue weighted by Gasteiger charge is -2.19. The van der Waals surface area contributed by atoms with Gasteiger partial charge in [-0.3, -0.25) is 4.79 Å². The summed E-state index contributed by atoms with van der Waals surface area (Å²) in [5.74, 6) is 0.721. The lowest BCUT2D eigenvalue weighted by molar-refractivity contribution is -0.119. The highest BCUT2D eigenvalue weighted by Gasteiger charge is 2.20. The minimum atomic E-state index is 0. The zero-order valence-corrected chi connectivity index (χ0v) is 10.9. The molecule has 1 saturated heterocycles. The lowest BCUT2D eigenvalue weighted by atomic mass is 10.0. The van der Waals surface area contributed by atoms with Crippen molar-refractivity contribution in [1.82, 2.24) is 5.32 Å². The van der Waals surface area contributed by atoms with Crippen molar-refractivity contribution in [1.29, 1.82) is 0 Å². The van der Waals surface area contributed by atoms with Crippen LogP contribution in [0, 0.1) is 5.92 Å². The number of hydrogen-bond donors (Lipinski definition) is 1. The van der Waals surface area contributed by atoms with Crippen LogP contribution in [-0.4, -0.2) is 26.0 Å². The van der Waals surface area contributed by atoms with Crippen LogP contribution in [-0.2, 0) is 4.79 Å². The molecule has 1 amide bonds. The van der Waals surface area contributed by atoms with Gasteiger partial charge < -0.3 is 10.2 Å². The van der Waals surface area contributed by atoms with Crippen molar-refractivity contribution >= 4 is 24.0 Å². The van der Waals surface area contributed by atoms with E-state index >= 15 is 0 Å². The van der Waals surface area contributed by atoms with Gasteiger partial charge in [-0.25, -0.2) is 0 Å². The number of nitrogens with one attached hydrogen (secondary N) is 1. The van der Waals surface area contributed by atoms with Gasteiger partial charge >= 0.3 is 0 Å². The number of para-hydroxylation sites is 1. The molecule has 0 bridgehead atoms. The van der Waals surface area contributed by atoms with Crippen LogP contribution in [0.2, 0.25) is 0 Å². The highest BCUT2D eigenvalue weighted by atomic mass is 35.5. The Labute approximate surface area is 109 Å². The van der Waals surface area contributed by atoms with Crippen molar-refractivity contribution in [2.24, 2.45) is 5.92 Å². The monoisotopic (exact) mass is 254 g/mol. The summed E-state index contributed by atoms with van der Waals surface area (Å²) in [7, 11) is 1.85. The first-order valence-corrected chi connectivity index (χ1v) is 5.79. The minimum Gasteiger partial charge on any atom is -0.316 e. The van der Waals surface area contributed by atoms with E-state index in [1.54, 1.807) is 4.90 Å². The van der Waals surface area contributed by atoms with Crippen molar-refractivity contribution in [2.45, 2.75) is 12.8 Å². The summed E-state index contributed by atoms with van der Waals surface area (Å²) < 4.78 is 0. The number of amides is 1. The molecule has 0 aromatic heterocycles. The molecular weight excluding hydrogens is 236 g/mol. The Morgan fingerprint density at radius 1 is 1.41 bits per heavy atom. The van der Waals surface area contributed by atoms with Gasteiger partial charge in [0.2, 0.25) is 5.91 Å². The summed E-state index contributed by atoms with van der Waals surface area (Å²) in [6.45, 7) is 2.03. The van der Waals surface area contributed by atoms with Gasteiger partial charge in [0, 0.05) is 19.2 Å². The van der Waals surface area contributed by atoms with Crippen LogP contribution in [0.4, 0.5) is 5.69 Å². The molecule has 1 aliphatic heterocycles. The summed E-state index contributed by atoms with van der Waals surface area (Å²) in [5.41, 5.74) is 0.971. The number of hydrogen-bond acceptors (Lipinski definition) is 2. The van der Waals surface area contributed by atoms with Crippen LogP contribution in [0.1, 0.15) is 12.8 Å². The molecule has 0 radical (unpaired) electrons. The molecule has 1 N–H and O–H groups in total. The summed E-state index contributed by atoms with van der Waals surface area (Å²) in [6, 6.07) is 9.80. The molecule has 1 aromatic rings. The van der Waals surface area contributed by atoms with Crippen molar-refractivity contribution in [3.8, 4) is 0 Å². The summed E-state index contributed by atoms with van der Waals surface area (Å²) in [4.78, 5) is 13.7. The third-order valence-corrected chi connectivity index (χ3v) is 3.14. The zero-order chi connectivity index (χ0) is 11.4. The molecule has 4 heteroatoms. The number of halogens is 1. The predicted molar refractivity (Wildman–Crippen MR) is 72.7 cm³/mol. The number of benzene rings is 1. The van der Waals surface area contributed by atoms with Gasteiger partial charge in [0.15, 0.2) is 0 Å². The Morgan fingerprint density at radius 2 is 2.12 bits per heavy atom. The van der Waals surface area contributed by atoms with Crippen LogP contribution in [0.5, 0.6) is 0 Å². The molecule has 2 rings (SSSR count). The number of rotatable bonds is 3. The topological polar surface area (TPSA) is 32.3 Å². The Bertz CT molecular complexity index is 350. The van der Waals surface area contributed by atoms with E-state index in [0.29, 0.717) is 12.3 Å². The highest BCUT2D eigenvalue weighted by Crippen LogP contribution is 2.17. The molecule has 1 atom stereocenters. The van der Waals surface area contributed by atoms with Gasteiger partial charge in [0.1, 0.15) is 0 Å². The van der Waals surface area contributed by atoms with E-state index in [-0.39, 0.29) is 18.3 Å². The van der Waals surface area contributed by atoms with E-state index in [0.717, 1.165) is 25.2 Å². The average Bonchev–Trinajstić information content (AvgIpc) is 2.82. The van der Waals surface area contributed by atoms with E-state index in [2.05, 4.69) is 5.32 Å². The third-order valence-electron chi connectivity index (χ3n) is 3.14. The van der Waals surface area contributed by atoms with Crippen LogP contribution >= 0.6 is 12.4 Å². The third kappa shape index (κ3) is 3.72. The first-order chi connectivity index (χ1) is 7.77. The van der Waals surface area contributed by atoms with E-state index in [9.17, 15) is 4.79 Å². The Morgan fingerprint density at radius 3 is 2.71 bits per heavy atom. The lowest BCUT2D eigenvalue weighted by Crippen LogP contribution is -2.28. The maximum atomic E-state index is 12.0. The number of carbonyl (C=O) groups is 1. The number of anilines is 1. The first-order valence-electron chi connectivity index (χ1n) is 5.79. The van der Waals surface area contributed by atoms with Crippen LogP contribution in [0.3, 0.4) is 0 Å². The maximum absolute atomic E-state index is 12.0. The molecular formula is C13H19ClN2O. The van der Waals surface area contributed by atoms with E-state index in [1.807, 2.05) is 37.4 Å². The van der Waals surface area contributed by atoms with Crippen molar-refractivity contribution in [3.05, 3.63) is 30.3 Å². The predicted octanol–water partition coefficient (Wildman–Crippen LogP) is 2.07. The van der Waals surface area contributed by atoms with Gasteiger partial charge in [-0.15, -0.1) is 12.4 Å². The van der Waals surface area contributed by atoms with E-state index in [4.69, 9.17) is 0 Å². The van der Waals surface area contributed by atoms with Crippen molar-refractivity contribution < 1.29 is 4.79 Å². The maximum Gasteiger partial charge on any atom is 0.227 e. The smallest absolute Gasteiger partial charge is 0.227 e. The number of nitrogens with zero attached hydrogens (tertiary/aromatic N) is 1. The van der Waals surface area contributed by atoms with Gasteiger partial charge in [-0.1, -0.05) is 18.2 Å². The van der Waals surface area contributed by atoms with E-state index < -0.39 is 0 Å². The molecule has 0 saturated carbocycles. The largest absolute Gasteiger partial charge is 0.316 e. The Balaban J connectivity index is 0.00000144. The fraction of sp³-hybridized carbons (Fsp3) is 0.462. The zero-order valence-electron chi connectivity index (χ0n) is 10.1. The fourth-order valence-corrected chi connectivity index (χ4v) is 2.07. The average molecular weight is 255 g/mol. The fourth-order valence-electron chi connectivity index (χ4n) is 2.07. The summed E-state index contributed by atoms with van der Waals surface area (Å²) in [6.07, 6.45) is 1.77. The highest BCUT2D eigenvalue weighted by molar-refractivity contribution is 5.92.